The Hall–Kier alpha value is -3.09. The summed E-state index contributed by atoms with van der Waals surface area (Å²) >= 11 is 0. The van der Waals surface area contributed by atoms with Gasteiger partial charge >= 0.3 is 0 Å². The molecule has 1 aliphatic heterocycles. The summed E-state index contributed by atoms with van der Waals surface area (Å²) in [6.07, 6.45) is 5.92. The highest BCUT2D eigenvalue weighted by Crippen LogP contribution is 2.33. The molecule has 0 saturated heterocycles. The van der Waals surface area contributed by atoms with Crippen LogP contribution in [0.2, 0.25) is 0 Å². The van der Waals surface area contributed by atoms with E-state index in [0.717, 1.165) is 42.4 Å². The largest absolute Gasteiger partial charge is 0.351 e. The molecule has 0 spiro atoms. The van der Waals surface area contributed by atoms with Gasteiger partial charge in [-0.25, -0.2) is 0 Å². The predicted octanol–water partition coefficient (Wildman–Crippen LogP) is 3.70. The van der Waals surface area contributed by atoms with Crippen molar-refractivity contribution in [1.82, 2.24) is 5.16 Å². The summed E-state index contributed by atoms with van der Waals surface area (Å²) in [4.78, 5) is 24.0. The van der Waals surface area contributed by atoms with Crippen LogP contribution in [0, 0.1) is 0 Å². The number of nitrogens with one attached hydrogen (secondary N) is 1. The lowest BCUT2D eigenvalue weighted by molar-refractivity contribution is -0.115. The number of carbonyl (C=O) groups is 2. The molecule has 26 heavy (non-hydrogen) atoms. The molecule has 2 amide bonds. The standard InChI is InChI=1S/C19H18N4O3/c24-18-15-7-2-1-6-14(15)16(22-23-18)11-12-4-3-5-13(10-12)21-19(25)17-8-9-20-26-17/h3-5,8-10,16H,1-2,6-7,11H2,(H,21,25). The maximum Gasteiger partial charge on any atom is 0.294 e. The molecule has 1 aliphatic carbocycles. The highest BCUT2D eigenvalue weighted by Gasteiger charge is 2.28. The van der Waals surface area contributed by atoms with Crippen LogP contribution in [-0.2, 0) is 11.2 Å². The Balaban J connectivity index is 1.50. The van der Waals surface area contributed by atoms with E-state index in [0.29, 0.717) is 12.1 Å². The molecule has 1 N–H and O–H groups in total. The summed E-state index contributed by atoms with van der Waals surface area (Å²) < 4.78 is 4.86. The average Bonchev–Trinajstić information content (AvgIpc) is 3.20. The summed E-state index contributed by atoms with van der Waals surface area (Å²) in [5.74, 6) is -0.365. The lowest BCUT2D eigenvalue weighted by Crippen LogP contribution is -2.23. The van der Waals surface area contributed by atoms with Gasteiger partial charge in [-0.2, -0.15) is 5.11 Å². The van der Waals surface area contributed by atoms with Gasteiger partial charge in [0.1, 0.15) is 0 Å². The molecule has 0 fully saturated rings. The number of anilines is 1. The molecule has 1 unspecified atom stereocenters. The fraction of sp³-hybridized carbons (Fsp3) is 0.316. The fourth-order valence-electron chi connectivity index (χ4n) is 3.48. The quantitative estimate of drug-likeness (QED) is 0.909. The molecule has 1 atom stereocenters. The molecule has 7 heteroatoms. The lowest BCUT2D eigenvalue weighted by Gasteiger charge is -2.25. The van der Waals surface area contributed by atoms with Crippen molar-refractivity contribution in [3.05, 3.63) is 59.0 Å². The first-order chi connectivity index (χ1) is 12.7. The summed E-state index contributed by atoms with van der Waals surface area (Å²) in [7, 11) is 0. The topological polar surface area (TPSA) is 96.9 Å². The second-order valence-corrected chi connectivity index (χ2v) is 6.48. The maximum atomic E-state index is 12.1. The zero-order valence-corrected chi connectivity index (χ0v) is 14.1. The van der Waals surface area contributed by atoms with Gasteiger partial charge in [0.15, 0.2) is 0 Å². The minimum atomic E-state index is -0.347. The van der Waals surface area contributed by atoms with E-state index in [1.54, 1.807) is 0 Å². The first-order valence-electron chi connectivity index (χ1n) is 8.69. The number of nitrogens with zero attached hydrogens (tertiary/aromatic N) is 3. The molecule has 2 aliphatic rings. The van der Waals surface area contributed by atoms with E-state index in [1.165, 1.54) is 12.3 Å². The minimum absolute atomic E-state index is 0.0942. The van der Waals surface area contributed by atoms with Crippen molar-refractivity contribution in [3.8, 4) is 0 Å². The van der Waals surface area contributed by atoms with Crippen LogP contribution in [0.25, 0.3) is 0 Å². The maximum absolute atomic E-state index is 12.1. The fourth-order valence-corrected chi connectivity index (χ4v) is 3.48. The third-order valence-corrected chi connectivity index (χ3v) is 4.73. The van der Waals surface area contributed by atoms with E-state index in [1.807, 2.05) is 24.3 Å². The van der Waals surface area contributed by atoms with E-state index in [-0.39, 0.29) is 23.6 Å². The van der Waals surface area contributed by atoms with Gasteiger partial charge in [0, 0.05) is 23.7 Å². The average molecular weight is 350 g/mol. The van der Waals surface area contributed by atoms with Gasteiger partial charge in [-0.15, -0.1) is 5.11 Å². The Morgan fingerprint density at radius 3 is 2.96 bits per heavy atom. The van der Waals surface area contributed by atoms with Crippen LogP contribution in [0.4, 0.5) is 5.69 Å². The molecular formula is C19H18N4O3. The minimum Gasteiger partial charge on any atom is -0.351 e. The van der Waals surface area contributed by atoms with Gasteiger partial charge in [0.05, 0.1) is 12.2 Å². The molecule has 1 aromatic carbocycles. The molecule has 0 bridgehead atoms. The smallest absolute Gasteiger partial charge is 0.294 e. The van der Waals surface area contributed by atoms with E-state index in [9.17, 15) is 9.59 Å². The first-order valence-corrected chi connectivity index (χ1v) is 8.69. The monoisotopic (exact) mass is 350 g/mol. The Morgan fingerprint density at radius 1 is 1.23 bits per heavy atom. The van der Waals surface area contributed by atoms with Gasteiger partial charge in [-0.3, -0.25) is 9.59 Å². The number of aromatic nitrogens is 1. The molecule has 4 rings (SSSR count). The van der Waals surface area contributed by atoms with Crippen molar-refractivity contribution >= 4 is 17.5 Å². The van der Waals surface area contributed by atoms with Crippen molar-refractivity contribution in [2.45, 2.75) is 38.1 Å². The Kier molecular flexibility index (Phi) is 4.43. The zero-order chi connectivity index (χ0) is 17.9. The van der Waals surface area contributed by atoms with Crippen LogP contribution in [0.1, 0.15) is 41.8 Å². The Labute approximate surface area is 150 Å². The van der Waals surface area contributed by atoms with Crippen LogP contribution in [-0.4, -0.2) is 23.0 Å². The second-order valence-electron chi connectivity index (χ2n) is 6.48. The molecule has 2 heterocycles. The van der Waals surface area contributed by atoms with Crippen molar-refractivity contribution in [3.63, 3.8) is 0 Å². The van der Waals surface area contributed by atoms with Crippen LogP contribution >= 0.6 is 0 Å². The van der Waals surface area contributed by atoms with Gasteiger partial charge in [-0.1, -0.05) is 17.3 Å². The van der Waals surface area contributed by atoms with Gasteiger partial charge < -0.3 is 9.84 Å². The number of carbonyl (C=O) groups excluding carboxylic acids is 2. The van der Waals surface area contributed by atoms with Crippen LogP contribution in [0.3, 0.4) is 0 Å². The second kappa shape index (κ2) is 7.03. The number of benzene rings is 1. The Morgan fingerprint density at radius 2 is 2.12 bits per heavy atom. The van der Waals surface area contributed by atoms with Gasteiger partial charge in [0.25, 0.3) is 11.8 Å². The normalized spacial score (nSPS) is 19.4. The Bertz CT molecular complexity index is 899. The summed E-state index contributed by atoms with van der Waals surface area (Å²) in [5.41, 5.74) is 3.68. The van der Waals surface area contributed by atoms with Gasteiger partial charge in [-0.05, 0) is 49.0 Å². The molecule has 7 nitrogen and oxygen atoms in total. The number of azo groups is 1. The van der Waals surface area contributed by atoms with Crippen molar-refractivity contribution in [2.75, 3.05) is 5.32 Å². The van der Waals surface area contributed by atoms with Gasteiger partial charge in [0.2, 0.25) is 5.76 Å². The number of hydrogen-bond acceptors (Lipinski definition) is 5. The highest BCUT2D eigenvalue weighted by molar-refractivity contribution is 6.02. The predicted molar refractivity (Wildman–Crippen MR) is 93.7 cm³/mol. The number of amides is 2. The molecule has 1 aromatic heterocycles. The lowest BCUT2D eigenvalue weighted by atomic mass is 9.84. The van der Waals surface area contributed by atoms with Crippen molar-refractivity contribution in [1.29, 1.82) is 0 Å². The highest BCUT2D eigenvalue weighted by atomic mass is 16.5. The number of hydrogen-bond donors (Lipinski definition) is 1. The van der Waals surface area contributed by atoms with Crippen LogP contribution in [0.15, 0.2) is 62.4 Å². The van der Waals surface area contributed by atoms with E-state index in [4.69, 9.17) is 4.52 Å². The first kappa shape index (κ1) is 16.4. The molecule has 0 saturated carbocycles. The summed E-state index contributed by atoms with van der Waals surface area (Å²) in [6, 6.07) is 9.00. The van der Waals surface area contributed by atoms with Crippen LogP contribution < -0.4 is 5.32 Å². The molecular weight excluding hydrogens is 332 g/mol. The zero-order valence-electron chi connectivity index (χ0n) is 14.1. The molecule has 2 aromatic rings. The SMILES string of the molecule is O=C1N=NC(Cc2cccc(NC(=O)c3ccno3)c2)C2=C1CCCC2. The van der Waals surface area contributed by atoms with E-state index in [2.05, 4.69) is 20.7 Å². The third kappa shape index (κ3) is 3.33. The van der Waals surface area contributed by atoms with E-state index >= 15 is 0 Å². The molecule has 0 radical (unpaired) electrons. The number of rotatable bonds is 4. The summed E-state index contributed by atoms with van der Waals surface area (Å²) in [6.45, 7) is 0. The van der Waals surface area contributed by atoms with Crippen LogP contribution in [0.5, 0.6) is 0 Å². The molecule has 132 valence electrons. The van der Waals surface area contributed by atoms with Crippen molar-refractivity contribution < 1.29 is 14.1 Å². The third-order valence-electron chi connectivity index (χ3n) is 4.73. The summed E-state index contributed by atoms with van der Waals surface area (Å²) in [5, 5.41) is 14.4. The van der Waals surface area contributed by atoms with E-state index < -0.39 is 0 Å². The van der Waals surface area contributed by atoms with Crippen molar-refractivity contribution in [2.24, 2.45) is 10.2 Å².